The van der Waals surface area contributed by atoms with Gasteiger partial charge in [-0.05, 0) is 18.9 Å². The van der Waals surface area contributed by atoms with E-state index in [9.17, 15) is 4.79 Å². The summed E-state index contributed by atoms with van der Waals surface area (Å²) in [4.78, 5) is 16.6. The van der Waals surface area contributed by atoms with Gasteiger partial charge in [0, 0.05) is 0 Å². The molecule has 0 heterocycles. The van der Waals surface area contributed by atoms with Crippen molar-refractivity contribution in [3.8, 4) is 0 Å². The third kappa shape index (κ3) is 3.64. The quantitative estimate of drug-likeness (QED) is 0.739. The summed E-state index contributed by atoms with van der Waals surface area (Å²) in [6.45, 7) is 3.87. The van der Waals surface area contributed by atoms with E-state index in [-0.39, 0.29) is 5.91 Å². The molecule has 4 nitrogen and oxygen atoms in total. The third-order valence-electron chi connectivity index (χ3n) is 2.50. The van der Waals surface area contributed by atoms with Gasteiger partial charge in [0.25, 0.3) is 5.91 Å². The van der Waals surface area contributed by atoms with E-state index in [1.807, 2.05) is 37.3 Å². The molecule has 0 aromatic heterocycles. The Morgan fingerprint density at radius 1 is 1.44 bits per heavy atom. The van der Waals surface area contributed by atoms with Crippen LogP contribution in [-0.4, -0.2) is 11.4 Å². The highest BCUT2D eigenvalue weighted by Crippen LogP contribution is 2.05. The number of carbonyl (C=O) groups is 1. The molecular weight excluding hydrogens is 204 g/mol. The first-order chi connectivity index (χ1) is 7.56. The van der Waals surface area contributed by atoms with Gasteiger partial charge in [0.1, 0.15) is 0 Å². The number of amides is 1. The zero-order chi connectivity index (χ0) is 12.0. The summed E-state index contributed by atoms with van der Waals surface area (Å²) in [7, 11) is 0. The minimum absolute atomic E-state index is 0.300. The molecule has 0 aliphatic carbocycles. The van der Waals surface area contributed by atoms with Crippen molar-refractivity contribution in [3.05, 3.63) is 35.9 Å². The van der Waals surface area contributed by atoms with E-state index in [0.29, 0.717) is 13.0 Å². The summed E-state index contributed by atoms with van der Waals surface area (Å²) in [5.41, 5.74) is 8.23. The van der Waals surface area contributed by atoms with E-state index in [1.165, 1.54) is 0 Å². The predicted molar refractivity (Wildman–Crippen MR) is 62.3 cm³/mol. The average molecular weight is 222 g/mol. The van der Waals surface area contributed by atoms with Crippen LogP contribution < -0.4 is 11.2 Å². The van der Waals surface area contributed by atoms with Gasteiger partial charge in [0.2, 0.25) is 0 Å². The van der Waals surface area contributed by atoms with E-state index < -0.39 is 5.54 Å². The number of carbonyl (C=O) groups excluding carboxylic acids is 1. The molecule has 4 heteroatoms. The monoisotopic (exact) mass is 222 g/mol. The van der Waals surface area contributed by atoms with Crippen LogP contribution in [0.15, 0.2) is 30.3 Å². The Kier molecular flexibility index (Phi) is 4.46. The third-order valence-corrected chi connectivity index (χ3v) is 2.50. The zero-order valence-corrected chi connectivity index (χ0v) is 9.69. The predicted octanol–water partition coefficient (Wildman–Crippen LogP) is 1.36. The number of nitrogens with one attached hydrogen (secondary N) is 1. The molecule has 1 aromatic rings. The Labute approximate surface area is 95.7 Å². The molecule has 0 aliphatic rings. The highest BCUT2D eigenvalue weighted by atomic mass is 16.6. The lowest BCUT2D eigenvalue weighted by Crippen LogP contribution is -2.50. The maximum absolute atomic E-state index is 11.5. The van der Waals surface area contributed by atoms with Crippen molar-refractivity contribution in [1.29, 1.82) is 0 Å². The summed E-state index contributed by atoms with van der Waals surface area (Å²) in [5, 5.41) is 0. The number of hydroxylamine groups is 1. The number of benzene rings is 1. The summed E-state index contributed by atoms with van der Waals surface area (Å²) in [6, 6.07) is 9.61. The van der Waals surface area contributed by atoms with E-state index in [4.69, 9.17) is 10.6 Å². The van der Waals surface area contributed by atoms with E-state index in [1.54, 1.807) is 6.92 Å². The lowest BCUT2D eigenvalue weighted by Gasteiger charge is -2.20. The number of nitrogens with two attached hydrogens (primary N) is 1. The molecule has 0 bridgehead atoms. The van der Waals surface area contributed by atoms with Gasteiger partial charge < -0.3 is 5.73 Å². The molecule has 1 aromatic carbocycles. The molecule has 3 N–H and O–H groups in total. The van der Waals surface area contributed by atoms with Crippen molar-refractivity contribution in [2.24, 2.45) is 5.73 Å². The minimum atomic E-state index is -0.878. The van der Waals surface area contributed by atoms with Crippen LogP contribution >= 0.6 is 0 Å². The van der Waals surface area contributed by atoms with Gasteiger partial charge in [-0.2, -0.15) is 0 Å². The van der Waals surface area contributed by atoms with Crippen LogP contribution in [0.4, 0.5) is 0 Å². The zero-order valence-electron chi connectivity index (χ0n) is 9.69. The van der Waals surface area contributed by atoms with Gasteiger partial charge in [0.15, 0.2) is 0 Å². The van der Waals surface area contributed by atoms with Crippen LogP contribution in [0.2, 0.25) is 0 Å². The fourth-order valence-corrected chi connectivity index (χ4v) is 1.04. The maximum atomic E-state index is 11.5. The van der Waals surface area contributed by atoms with Gasteiger partial charge in [0.05, 0.1) is 12.1 Å². The van der Waals surface area contributed by atoms with Gasteiger partial charge in [-0.3, -0.25) is 9.63 Å². The van der Waals surface area contributed by atoms with Crippen molar-refractivity contribution in [1.82, 2.24) is 5.48 Å². The Bertz CT molecular complexity index is 336. The molecule has 0 spiro atoms. The van der Waals surface area contributed by atoms with E-state index >= 15 is 0 Å². The average Bonchev–Trinajstić information content (AvgIpc) is 2.30. The highest BCUT2D eigenvalue weighted by molar-refractivity contribution is 5.84. The first-order valence-corrected chi connectivity index (χ1v) is 5.31. The Hall–Kier alpha value is -1.39. The van der Waals surface area contributed by atoms with Crippen LogP contribution in [0.1, 0.15) is 25.8 Å². The highest BCUT2D eigenvalue weighted by Gasteiger charge is 2.25. The van der Waals surface area contributed by atoms with Gasteiger partial charge in [-0.25, -0.2) is 5.48 Å². The molecule has 0 saturated heterocycles. The van der Waals surface area contributed by atoms with Crippen molar-refractivity contribution in [2.45, 2.75) is 32.4 Å². The second-order valence-corrected chi connectivity index (χ2v) is 3.98. The number of hydrogen-bond acceptors (Lipinski definition) is 3. The second kappa shape index (κ2) is 5.63. The number of hydrogen-bond donors (Lipinski definition) is 2. The molecule has 88 valence electrons. The lowest BCUT2D eigenvalue weighted by atomic mass is 10.0. The molecule has 1 atom stereocenters. The first-order valence-electron chi connectivity index (χ1n) is 5.31. The fraction of sp³-hybridized carbons (Fsp3) is 0.417. The van der Waals surface area contributed by atoms with Gasteiger partial charge in [-0.15, -0.1) is 0 Å². The Morgan fingerprint density at radius 2 is 2.06 bits per heavy atom. The molecular formula is C12H18N2O2. The van der Waals surface area contributed by atoms with Crippen LogP contribution in [0, 0.1) is 0 Å². The van der Waals surface area contributed by atoms with Crippen LogP contribution in [0.25, 0.3) is 0 Å². The Morgan fingerprint density at radius 3 is 2.62 bits per heavy atom. The van der Waals surface area contributed by atoms with E-state index in [2.05, 4.69) is 5.48 Å². The molecule has 16 heavy (non-hydrogen) atoms. The SMILES string of the molecule is CCC(C)(N)C(=O)NOCc1ccccc1. The first kappa shape index (κ1) is 12.7. The van der Waals surface area contributed by atoms with Crippen molar-refractivity contribution >= 4 is 5.91 Å². The molecule has 0 fully saturated rings. The molecule has 0 saturated carbocycles. The van der Waals surface area contributed by atoms with Gasteiger partial charge in [-0.1, -0.05) is 37.3 Å². The summed E-state index contributed by atoms with van der Waals surface area (Å²) in [6.07, 6.45) is 0.563. The Balaban J connectivity index is 2.34. The maximum Gasteiger partial charge on any atom is 0.263 e. The van der Waals surface area contributed by atoms with Crippen LogP contribution in [0.3, 0.4) is 0 Å². The van der Waals surface area contributed by atoms with Crippen LogP contribution in [-0.2, 0) is 16.2 Å². The number of rotatable bonds is 5. The van der Waals surface area contributed by atoms with Crippen molar-refractivity contribution in [3.63, 3.8) is 0 Å². The minimum Gasteiger partial charge on any atom is -0.318 e. The van der Waals surface area contributed by atoms with Crippen LogP contribution in [0.5, 0.6) is 0 Å². The topological polar surface area (TPSA) is 64.4 Å². The smallest absolute Gasteiger partial charge is 0.263 e. The normalized spacial score (nSPS) is 14.2. The summed E-state index contributed by atoms with van der Waals surface area (Å²) >= 11 is 0. The van der Waals surface area contributed by atoms with Crippen molar-refractivity contribution < 1.29 is 9.63 Å². The summed E-state index contributed by atoms with van der Waals surface area (Å²) in [5.74, 6) is -0.300. The van der Waals surface area contributed by atoms with E-state index in [0.717, 1.165) is 5.56 Å². The molecule has 0 radical (unpaired) electrons. The second-order valence-electron chi connectivity index (χ2n) is 3.98. The molecule has 1 unspecified atom stereocenters. The fourth-order valence-electron chi connectivity index (χ4n) is 1.04. The molecule has 1 amide bonds. The van der Waals surface area contributed by atoms with Gasteiger partial charge >= 0.3 is 0 Å². The molecule has 1 rings (SSSR count). The van der Waals surface area contributed by atoms with Crippen molar-refractivity contribution in [2.75, 3.05) is 0 Å². The molecule has 0 aliphatic heterocycles. The largest absolute Gasteiger partial charge is 0.318 e. The standard InChI is InChI=1S/C12H18N2O2/c1-3-12(2,13)11(15)14-16-9-10-7-5-4-6-8-10/h4-8H,3,9,13H2,1-2H3,(H,14,15). The lowest BCUT2D eigenvalue weighted by molar-refractivity contribution is -0.139. The summed E-state index contributed by atoms with van der Waals surface area (Å²) < 4.78 is 0.